The Labute approximate surface area is 144 Å². The highest BCUT2D eigenvalue weighted by Crippen LogP contribution is 2.42. The van der Waals surface area contributed by atoms with Crippen molar-refractivity contribution in [2.45, 2.75) is 45.8 Å². The first-order valence-electron chi connectivity index (χ1n) is 8.69. The van der Waals surface area contributed by atoms with Gasteiger partial charge in [0.05, 0.1) is 12.7 Å². The van der Waals surface area contributed by atoms with Crippen molar-refractivity contribution in [3.8, 4) is 5.75 Å². The summed E-state index contributed by atoms with van der Waals surface area (Å²) < 4.78 is 16.8. The van der Waals surface area contributed by atoms with Crippen molar-refractivity contribution in [3.63, 3.8) is 0 Å². The Balaban J connectivity index is 2.37. The number of likely N-dealkylation sites (tertiary alicyclic amines) is 1. The normalized spacial score (nSPS) is 24.7. The fourth-order valence-corrected chi connectivity index (χ4v) is 3.35. The van der Waals surface area contributed by atoms with Crippen LogP contribution < -0.4 is 4.74 Å². The zero-order valence-electron chi connectivity index (χ0n) is 15.4. The number of rotatable bonds is 5. The summed E-state index contributed by atoms with van der Waals surface area (Å²) in [4.78, 5) is 14.3. The van der Waals surface area contributed by atoms with E-state index in [1.54, 1.807) is 6.92 Å². The summed E-state index contributed by atoms with van der Waals surface area (Å²) in [5.41, 5.74) is 0.282. The van der Waals surface area contributed by atoms with Crippen LogP contribution in [0.1, 0.15) is 39.7 Å². The van der Waals surface area contributed by atoms with Gasteiger partial charge in [-0.25, -0.2) is 4.79 Å². The number of carbonyl (C=O) groups is 1. The van der Waals surface area contributed by atoms with E-state index in [4.69, 9.17) is 14.2 Å². The van der Waals surface area contributed by atoms with Crippen molar-refractivity contribution in [2.75, 3.05) is 26.7 Å². The zero-order valence-corrected chi connectivity index (χ0v) is 15.4. The van der Waals surface area contributed by atoms with Crippen molar-refractivity contribution < 1.29 is 19.0 Å². The predicted octanol–water partition coefficient (Wildman–Crippen LogP) is 3.81. The molecule has 5 nitrogen and oxygen atoms in total. The second-order valence-electron chi connectivity index (χ2n) is 6.78. The van der Waals surface area contributed by atoms with E-state index in [9.17, 15) is 4.79 Å². The fourth-order valence-electron chi connectivity index (χ4n) is 3.35. The number of nitrogens with zero attached hydrogens (tertiary/aromatic N) is 1. The van der Waals surface area contributed by atoms with Crippen LogP contribution in [0.25, 0.3) is 0 Å². The van der Waals surface area contributed by atoms with Crippen LogP contribution in [0.4, 0.5) is 4.79 Å². The maximum absolute atomic E-state index is 12.1. The van der Waals surface area contributed by atoms with Gasteiger partial charge in [-0.05, 0) is 45.5 Å². The molecule has 0 N–H and O–H groups in total. The first kappa shape index (κ1) is 18.6. The molecule has 1 aliphatic heterocycles. The smallest absolute Gasteiger partial charge is 0.491 e. The second-order valence-corrected chi connectivity index (χ2v) is 6.78. The molecule has 24 heavy (non-hydrogen) atoms. The Hall–Kier alpha value is -1.75. The molecule has 5 heteroatoms. The fraction of sp³-hybridized carbons (Fsp3) is 0.632. The van der Waals surface area contributed by atoms with Crippen LogP contribution >= 0.6 is 0 Å². The zero-order chi connectivity index (χ0) is 17.7. The molecule has 134 valence electrons. The molecule has 2 atom stereocenters. The molecule has 1 unspecified atom stereocenters. The van der Waals surface area contributed by atoms with Crippen LogP contribution in [-0.4, -0.2) is 43.9 Å². The van der Waals surface area contributed by atoms with Gasteiger partial charge < -0.3 is 19.1 Å². The molecule has 1 heterocycles. The largest absolute Gasteiger partial charge is 0.509 e. The summed E-state index contributed by atoms with van der Waals surface area (Å²) in [6, 6.07) is 7.88. The van der Waals surface area contributed by atoms with Crippen LogP contribution in [0.5, 0.6) is 5.75 Å². The van der Waals surface area contributed by atoms with Gasteiger partial charge in [0.15, 0.2) is 0 Å². The average molecular weight is 335 g/mol. The standard InChI is InChI=1S/C19H29NO4/c1-6-22-18(21)24-19(10-11-20(5)13-15(19)4)16-8-7-9-17(12-16)23-14(2)3/h7-9,12,14-15H,6,10-11,13H2,1-5H3/t15?,19-/m1/s1. The molecule has 0 aromatic heterocycles. The van der Waals surface area contributed by atoms with Gasteiger partial charge in [-0.1, -0.05) is 19.1 Å². The quantitative estimate of drug-likeness (QED) is 0.766. The summed E-state index contributed by atoms with van der Waals surface area (Å²) in [5.74, 6) is 0.940. The van der Waals surface area contributed by atoms with Gasteiger partial charge in [-0.3, -0.25) is 0 Å². The van der Waals surface area contributed by atoms with Crippen LogP contribution in [0, 0.1) is 5.92 Å². The molecule has 1 saturated heterocycles. The summed E-state index contributed by atoms with van der Waals surface area (Å²) in [6.45, 7) is 9.91. The third-order valence-electron chi connectivity index (χ3n) is 4.47. The highest BCUT2D eigenvalue weighted by molar-refractivity contribution is 5.61. The van der Waals surface area contributed by atoms with E-state index in [0.29, 0.717) is 6.61 Å². The van der Waals surface area contributed by atoms with Gasteiger partial charge in [0, 0.05) is 25.4 Å². The minimum atomic E-state index is -0.685. The van der Waals surface area contributed by atoms with E-state index in [1.165, 1.54) is 0 Å². The van der Waals surface area contributed by atoms with Gasteiger partial charge >= 0.3 is 6.16 Å². The van der Waals surface area contributed by atoms with Crippen LogP contribution in [-0.2, 0) is 15.1 Å². The van der Waals surface area contributed by atoms with Crippen molar-refractivity contribution in [3.05, 3.63) is 29.8 Å². The first-order chi connectivity index (χ1) is 11.4. The van der Waals surface area contributed by atoms with Crippen LogP contribution in [0.2, 0.25) is 0 Å². The number of hydrogen-bond acceptors (Lipinski definition) is 5. The number of carbonyl (C=O) groups excluding carboxylic acids is 1. The third kappa shape index (κ3) is 4.20. The molecule has 2 rings (SSSR count). The van der Waals surface area contributed by atoms with Gasteiger partial charge in [0.25, 0.3) is 0 Å². The minimum absolute atomic E-state index is 0.0945. The van der Waals surface area contributed by atoms with E-state index in [1.807, 2.05) is 38.1 Å². The Morgan fingerprint density at radius 3 is 2.79 bits per heavy atom. The number of ether oxygens (including phenoxy) is 3. The molecule has 0 radical (unpaired) electrons. The molecule has 0 amide bonds. The summed E-state index contributed by atoms with van der Waals surface area (Å²) in [5, 5.41) is 0. The maximum atomic E-state index is 12.1. The monoisotopic (exact) mass is 335 g/mol. The van der Waals surface area contributed by atoms with E-state index >= 15 is 0 Å². The molecule has 1 aliphatic rings. The molecule has 0 saturated carbocycles. The lowest BCUT2D eigenvalue weighted by Gasteiger charge is -2.44. The Morgan fingerprint density at radius 2 is 2.17 bits per heavy atom. The predicted molar refractivity (Wildman–Crippen MR) is 93.3 cm³/mol. The topological polar surface area (TPSA) is 48.0 Å². The summed E-state index contributed by atoms with van der Waals surface area (Å²) >= 11 is 0. The lowest BCUT2D eigenvalue weighted by atomic mass is 9.76. The van der Waals surface area contributed by atoms with Gasteiger partial charge in [0.1, 0.15) is 11.4 Å². The lowest BCUT2D eigenvalue weighted by Crippen LogP contribution is -2.50. The Kier molecular flexibility index (Phi) is 6.10. The molecule has 1 aromatic rings. The van der Waals surface area contributed by atoms with E-state index in [2.05, 4.69) is 18.9 Å². The molecular formula is C19H29NO4. The molecule has 0 aliphatic carbocycles. The molecule has 1 aromatic carbocycles. The molecule has 0 bridgehead atoms. The minimum Gasteiger partial charge on any atom is -0.491 e. The highest BCUT2D eigenvalue weighted by atomic mass is 16.7. The van der Waals surface area contributed by atoms with Crippen molar-refractivity contribution in [2.24, 2.45) is 5.92 Å². The molecular weight excluding hydrogens is 306 g/mol. The molecule has 0 spiro atoms. The Bertz CT molecular complexity index is 560. The lowest BCUT2D eigenvalue weighted by molar-refractivity contribution is -0.0997. The number of piperidine rings is 1. The van der Waals surface area contributed by atoms with Crippen molar-refractivity contribution in [1.29, 1.82) is 0 Å². The van der Waals surface area contributed by atoms with Crippen molar-refractivity contribution in [1.82, 2.24) is 4.90 Å². The summed E-state index contributed by atoms with van der Waals surface area (Å²) in [6.07, 6.45) is 0.218. The van der Waals surface area contributed by atoms with Gasteiger partial charge in [0.2, 0.25) is 0 Å². The van der Waals surface area contributed by atoms with Crippen LogP contribution in [0.15, 0.2) is 24.3 Å². The van der Waals surface area contributed by atoms with Crippen molar-refractivity contribution >= 4 is 6.16 Å². The third-order valence-corrected chi connectivity index (χ3v) is 4.47. The van der Waals surface area contributed by atoms with E-state index in [-0.39, 0.29) is 12.0 Å². The van der Waals surface area contributed by atoms with Gasteiger partial charge in [-0.15, -0.1) is 0 Å². The van der Waals surface area contributed by atoms with E-state index in [0.717, 1.165) is 30.8 Å². The van der Waals surface area contributed by atoms with E-state index < -0.39 is 11.8 Å². The summed E-state index contributed by atoms with van der Waals surface area (Å²) in [7, 11) is 2.09. The SMILES string of the molecule is CCOC(=O)O[C@]1(c2cccc(OC(C)C)c2)CCN(C)CC1C. The van der Waals surface area contributed by atoms with Crippen LogP contribution in [0.3, 0.4) is 0 Å². The first-order valence-corrected chi connectivity index (χ1v) is 8.69. The second kappa shape index (κ2) is 7.88. The maximum Gasteiger partial charge on any atom is 0.509 e. The van der Waals surface area contributed by atoms with Gasteiger partial charge in [-0.2, -0.15) is 0 Å². The molecule has 1 fully saturated rings. The number of hydrogen-bond donors (Lipinski definition) is 0. The number of benzene rings is 1. The highest BCUT2D eigenvalue weighted by Gasteiger charge is 2.45. The average Bonchev–Trinajstić information content (AvgIpc) is 2.50. The Morgan fingerprint density at radius 1 is 1.42 bits per heavy atom.